The quantitative estimate of drug-likeness (QED) is 0.678. The maximum absolute atomic E-state index is 13.0. The van der Waals surface area contributed by atoms with Crippen LogP contribution in [0.3, 0.4) is 0 Å². The molecule has 0 aliphatic heterocycles. The minimum Gasteiger partial charge on any atom is -0.355 e. The summed E-state index contributed by atoms with van der Waals surface area (Å²) in [7, 11) is 0. The first kappa shape index (κ1) is 22.0. The van der Waals surface area contributed by atoms with Crippen LogP contribution in [0, 0.1) is 0 Å². The number of carbonyl (C=O) groups excluding carboxylic acids is 2. The Kier molecular flexibility index (Phi) is 8.52. The van der Waals surface area contributed by atoms with Gasteiger partial charge in [-0.3, -0.25) is 9.59 Å². The third kappa shape index (κ3) is 6.10. The van der Waals surface area contributed by atoms with Crippen molar-refractivity contribution in [2.45, 2.75) is 52.6 Å². The highest BCUT2D eigenvalue weighted by Gasteiger charge is 2.26. The van der Waals surface area contributed by atoms with Gasteiger partial charge < -0.3 is 10.2 Å². The third-order valence-corrected chi connectivity index (χ3v) is 5.24. The van der Waals surface area contributed by atoms with E-state index in [4.69, 9.17) is 11.6 Å². The minimum absolute atomic E-state index is 0.0572. The summed E-state index contributed by atoms with van der Waals surface area (Å²) in [4.78, 5) is 27.0. The Morgan fingerprint density at radius 3 is 2.29 bits per heavy atom. The average Bonchev–Trinajstić information content (AvgIpc) is 2.71. The summed E-state index contributed by atoms with van der Waals surface area (Å²) in [5, 5.41) is 3.40. The molecule has 0 fully saturated rings. The molecule has 0 radical (unpaired) electrons. The molecule has 150 valence electrons. The average molecular weight is 401 g/mol. The molecule has 5 heteroatoms. The Bertz CT molecular complexity index is 789. The normalized spacial score (nSPS) is 11.7. The molecular formula is C23H29ClN2O2. The lowest BCUT2D eigenvalue weighted by Crippen LogP contribution is -2.47. The number of hydrogen-bond donors (Lipinski definition) is 1. The summed E-state index contributed by atoms with van der Waals surface area (Å²) in [5.41, 5.74) is 3.23. The smallest absolute Gasteiger partial charge is 0.242 e. The first-order valence-corrected chi connectivity index (χ1v) is 10.2. The lowest BCUT2D eigenvalue weighted by Gasteiger charge is -2.29. The summed E-state index contributed by atoms with van der Waals surface area (Å²) < 4.78 is 0. The second-order valence-electron chi connectivity index (χ2n) is 6.85. The summed E-state index contributed by atoms with van der Waals surface area (Å²) in [6.45, 7) is 6.58. The molecule has 1 N–H and O–H groups in total. The Hall–Kier alpha value is -2.33. The lowest BCUT2D eigenvalue weighted by molar-refractivity contribution is -0.140. The van der Waals surface area contributed by atoms with Crippen molar-refractivity contribution in [3.8, 4) is 0 Å². The molecule has 0 spiro atoms. The van der Waals surface area contributed by atoms with E-state index >= 15 is 0 Å². The van der Waals surface area contributed by atoms with Crippen LogP contribution >= 0.6 is 11.6 Å². The van der Waals surface area contributed by atoms with Crippen LogP contribution in [0.2, 0.25) is 5.02 Å². The number of nitrogens with one attached hydrogen (secondary N) is 1. The Morgan fingerprint density at radius 2 is 1.68 bits per heavy atom. The highest BCUT2D eigenvalue weighted by Crippen LogP contribution is 2.19. The number of carbonyl (C=O) groups is 2. The zero-order valence-corrected chi connectivity index (χ0v) is 17.6. The van der Waals surface area contributed by atoms with E-state index in [1.807, 2.05) is 25.1 Å². The number of halogens is 1. The van der Waals surface area contributed by atoms with Gasteiger partial charge in [0.05, 0.1) is 0 Å². The second kappa shape index (κ2) is 10.9. The molecule has 0 aromatic heterocycles. The minimum atomic E-state index is -0.564. The van der Waals surface area contributed by atoms with Crippen LogP contribution in [0.15, 0.2) is 48.5 Å². The molecule has 2 amide bonds. The van der Waals surface area contributed by atoms with Gasteiger partial charge in [-0.25, -0.2) is 0 Å². The van der Waals surface area contributed by atoms with E-state index in [2.05, 4.69) is 36.5 Å². The predicted octanol–water partition coefficient (Wildman–Crippen LogP) is 4.39. The summed E-state index contributed by atoms with van der Waals surface area (Å²) >= 11 is 6.28. The maximum Gasteiger partial charge on any atom is 0.242 e. The summed E-state index contributed by atoms with van der Waals surface area (Å²) in [5.74, 6) is -0.214. The number of likely N-dealkylation sites (N-methyl/N-ethyl adjacent to an activating group) is 1. The molecule has 0 heterocycles. The number of nitrogens with zero attached hydrogens (tertiary/aromatic N) is 1. The van der Waals surface area contributed by atoms with E-state index in [1.165, 1.54) is 5.56 Å². The van der Waals surface area contributed by atoms with Crippen LogP contribution in [0.5, 0.6) is 0 Å². The van der Waals surface area contributed by atoms with Gasteiger partial charge in [0.15, 0.2) is 0 Å². The number of aryl methyl sites for hydroxylation is 2. The van der Waals surface area contributed by atoms with E-state index in [0.29, 0.717) is 31.0 Å². The van der Waals surface area contributed by atoms with Crippen LogP contribution in [0.25, 0.3) is 0 Å². The van der Waals surface area contributed by atoms with Crippen molar-refractivity contribution in [3.63, 3.8) is 0 Å². The predicted molar refractivity (Wildman–Crippen MR) is 114 cm³/mol. The van der Waals surface area contributed by atoms with Crippen molar-refractivity contribution in [1.29, 1.82) is 0 Å². The SMILES string of the molecule is CCNC(=O)[C@H](C)N(Cc1ccccc1Cl)C(=O)CCc1ccc(CC)cc1. The van der Waals surface area contributed by atoms with Gasteiger partial charge in [0.25, 0.3) is 0 Å². The fourth-order valence-electron chi connectivity index (χ4n) is 3.05. The number of benzene rings is 2. The molecule has 0 unspecified atom stereocenters. The van der Waals surface area contributed by atoms with Gasteiger partial charge in [-0.15, -0.1) is 0 Å². The molecule has 2 aromatic carbocycles. The van der Waals surface area contributed by atoms with Gasteiger partial charge in [0, 0.05) is 24.5 Å². The van der Waals surface area contributed by atoms with Gasteiger partial charge in [-0.05, 0) is 49.4 Å². The molecular weight excluding hydrogens is 372 g/mol. The Morgan fingerprint density at radius 1 is 1.04 bits per heavy atom. The van der Waals surface area contributed by atoms with E-state index in [9.17, 15) is 9.59 Å². The zero-order chi connectivity index (χ0) is 20.5. The maximum atomic E-state index is 13.0. The highest BCUT2D eigenvalue weighted by molar-refractivity contribution is 6.31. The highest BCUT2D eigenvalue weighted by atomic mass is 35.5. The lowest BCUT2D eigenvalue weighted by atomic mass is 10.0. The number of hydrogen-bond acceptors (Lipinski definition) is 2. The van der Waals surface area contributed by atoms with Gasteiger partial charge in [0.2, 0.25) is 11.8 Å². The molecule has 1 atom stereocenters. The molecule has 0 bridgehead atoms. The van der Waals surface area contributed by atoms with E-state index in [0.717, 1.165) is 17.5 Å². The van der Waals surface area contributed by atoms with Crippen molar-refractivity contribution < 1.29 is 9.59 Å². The van der Waals surface area contributed by atoms with Gasteiger partial charge in [0.1, 0.15) is 6.04 Å². The monoisotopic (exact) mass is 400 g/mol. The van der Waals surface area contributed by atoms with Crippen LogP contribution in [-0.2, 0) is 29.0 Å². The summed E-state index contributed by atoms with van der Waals surface area (Å²) in [6.07, 6.45) is 1.98. The van der Waals surface area contributed by atoms with Gasteiger partial charge >= 0.3 is 0 Å². The zero-order valence-electron chi connectivity index (χ0n) is 16.9. The molecule has 28 heavy (non-hydrogen) atoms. The molecule has 0 aliphatic carbocycles. The van der Waals surface area contributed by atoms with Gasteiger partial charge in [-0.2, -0.15) is 0 Å². The van der Waals surface area contributed by atoms with E-state index < -0.39 is 6.04 Å². The van der Waals surface area contributed by atoms with Crippen molar-refractivity contribution in [2.75, 3.05) is 6.54 Å². The molecule has 0 saturated carbocycles. The Labute approximate surface area is 172 Å². The first-order chi connectivity index (χ1) is 13.5. The van der Waals surface area contributed by atoms with Crippen LogP contribution < -0.4 is 5.32 Å². The number of rotatable bonds is 9. The van der Waals surface area contributed by atoms with E-state index in [1.54, 1.807) is 17.9 Å². The third-order valence-electron chi connectivity index (χ3n) is 4.88. The topological polar surface area (TPSA) is 49.4 Å². The summed E-state index contributed by atoms with van der Waals surface area (Å²) in [6, 6.07) is 15.2. The van der Waals surface area contributed by atoms with Crippen molar-refractivity contribution in [3.05, 3.63) is 70.2 Å². The molecule has 0 aliphatic rings. The fraction of sp³-hybridized carbons (Fsp3) is 0.391. The van der Waals surface area contributed by atoms with Crippen LogP contribution in [0.4, 0.5) is 0 Å². The Balaban J connectivity index is 2.12. The van der Waals surface area contributed by atoms with Gasteiger partial charge in [-0.1, -0.05) is 61.0 Å². The van der Waals surface area contributed by atoms with E-state index in [-0.39, 0.29) is 11.8 Å². The molecule has 4 nitrogen and oxygen atoms in total. The van der Waals surface area contributed by atoms with Crippen LogP contribution in [-0.4, -0.2) is 29.3 Å². The second-order valence-corrected chi connectivity index (χ2v) is 7.26. The van der Waals surface area contributed by atoms with Crippen molar-refractivity contribution in [1.82, 2.24) is 10.2 Å². The molecule has 2 aromatic rings. The van der Waals surface area contributed by atoms with Crippen LogP contribution in [0.1, 0.15) is 43.9 Å². The largest absolute Gasteiger partial charge is 0.355 e. The molecule has 2 rings (SSSR count). The van der Waals surface area contributed by atoms with Crippen molar-refractivity contribution in [2.24, 2.45) is 0 Å². The fourth-order valence-corrected chi connectivity index (χ4v) is 3.25. The molecule has 0 saturated heterocycles. The van der Waals surface area contributed by atoms with Crippen molar-refractivity contribution >= 4 is 23.4 Å². The standard InChI is InChI=1S/C23H29ClN2O2/c1-4-18-10-12-19(13-11-18)14-15-22(27)26(17(3)23(28)25-5-2)16-20-8-6-7-9-21(20)24/h6-13,17H,4-5,14-16H2,1-3H3,(H,25,28)/t17-/m0/s1. The number of amides is 2. The first-order valence-electron chi connectivity index (χ1n) is 9.84.